The first-order valence-corrected chi connectivity index (χ1v) is 11.0. The molecular formula is C24H26N4O4. The summed E-state index contributed by atoms with van der Waals surface area (Å²) in [5, 5.41) is 3.86. The van der Waals surface area contributed by atoms with Crippen molar-refractivity contribution < 1.29 is 19.1 Å². The summed E-state index contributed by atoms with van der Waals surface area (Å²) in [7, 11) is 1.62. The maximum atomic E-state index is 12.9. The number of aromatic amines is 1. The van der Waals surface area contributed by atoms with E-state index in [1.54, 1.807) is 19.4 Å². The second-order valence-electron chi connectivity index (χ2n) is 8.39. The van der Waals surface area contributed by atoms with E-state index in [9.17, 15) is 9.59 Å². The predicted octanol–water partition coefficient (Wildman–Crippen LogP) is 3.60. The Balaban J connectivity index is 1.14. The molecule has 2 fully saturated rings. The number of likely N-dealkylation sites (tertiary alicyclic amines) is 1. The Morgan fingerprint density at radius 2 is 1.91 bits per heavy atom. The molecule has 0 atom stereocenters. The fourth-order valence-electron chi connectivity index (χ4n) is 3.98. The number of nitrogens with zero attached hydrogens (tertiary/aromatic N) is 2. The number of carbonyl (C=O) groups is 2. The minimum Gasteiger partial charge on any atom is -0.497 e. The Morgan fingerprint density at radius 3 is 2.59 bits per heavy atom. The number of carbonyl (C=O) groups excluding carboxylic acids is 2. The standard InChI is InChI=1S/C24H26N4O4/c1-31-19-6-4-16-12-21(27-20(16)13-19)24(30)28-10-8-18(9-11-28)32-22-7-5-17(14-25-22)26-23(29)15-2-3-15/h4-7,12-15,18,27H,2-3,8-11H2,1H3,(H,26,29). The average molecular weight is 434 g/mol. The van der Waals surface area contributed by atoms with Crippen LogP contribution in [0.3, 0.4) is 0 Å². The van der Waals surface area contributed by atoms with E-state index < -0.39 is 0 Å². The van der Waals surface area contributed by atoms with Crippen LogP contribution in [0.1, 0.15) is 36.2 Å². The first kappa shape index (κ1) is 20.4. The van der Waals surface area contributed by atoms with Gasteiger partial charge in [-0.05, 0) is 37.1 Å². The summed E-state index contributed by atoms with van der Waals surface area (Å²) in [4.78, 5) is 34.1. The maximum Gasteiger partial charge on any atom is 0.270 e. The molecule has 1 aromatic carbocycles. The summed E-state index contributed by atoms with van der Waals surface area (Å²) in [6.07, 6.45) is 5.04. The van der Waals surface area contributed by atoms with E-state index in [-0.39, 0.29) is 23.8 Å². The third-order valence-corrected chi connectivity index (χ3v) is 6.03. The largest absolute Gasteiger partial charge is 0.497 e. The second-order valence-corrected chi connectivity index (χ2v) is 8.39. The SMILES string of the molecule is COc1ccc2cc(C(=O)N3CCC(Oc4ccc(NC(=O)C5CC5)cn4)CC3)[nH]c2c1. The third kappa shape index (κ3) is 4.39. The first-order valence-electron chi connectivity index (χ1n) is 11.0. The van der Waals surface area contributed by atoms with Crippen molar-refractivity contribution in [3.05, 3.63) is 48.3 Å². The molecule has 3 heterocycles. The molecule has 32 heavy (non-hydrogen) atoms. The monoisotopic (exact) mass is 434 g/mol. The van der Waals surface area contributed by atoms with E-state index in [0.29, 0.717) is 30.4 Å². The van der Waals surface area contributed by atoms with Gasteiger partial charge in [0.1, 0.15) is 17.5 Å². The number of piperidine rings is 1. The highest BCUT2D eigenvalue weighted by Gasteiger charge is 2.29. The van der Waals surface area contributed by atoms with Crippen LogP contribution in [-0.2, 0) is 4.79 Å². The molecule has 2 amide bonds. The van der Waals surface area contributed by atoms with Crippen molar-refractivity contribution in [1.29, 1.82) is 0 Å². The molecule has 3 aromatic rings. The third-order valence-electron chi connectivity index (χ3n) is 6.03. The number of rotatable bonds is 6. The van der Waals surface area contributed by atoms with Crippen molar-refractivity contribution in [3.63, 3.8) is 0 Å². The zero-order valence-electron chi connectivity index (χ0n) is 18.0. The fraction of sp³-hybridized carbons (Fsp3) is 0.375. The van der Waals surface area contributed by atoms with E-state index >= 15 is 0 Å². The Hall–Kier alpha value is -3.55. The molecule has 2 aromatic heterocycles. The minimum atomic E-state index is -0.00695. The fourth-order valence-corrected chi connectivity index (χ4v) is 3.98. The van der Waals surface area contributed by atoms with Crippen LogP contribution in [0.25, 0.3) is 10.9 Å². The van der Waals surface area contributed by atoms with Crippen LogP contribution >= 0.6 is 0 Å². The zero-order chi connectivity index (χ0) is 22.1. The van der Waals surface area contributed by atoms with Gasteiger partial charge in [0.2, 0.25) is 11.8 Å². The van der Waals surface area contributed by atoms with Gasteiger partial charge < -0.3 is 24.7 Å². The number of aromatic nitrogens is 2. The van der Waals surface area contributed by atoms with Crippen molar-refractivity contribution >= 4 is 28.4 Å². The lowest BCUT2D eigenvalue weighted by molar-refractivity contribution is -0.117. The second kappa shape index (κ2) is 8.53. The number of benzene rings is 1. The van der Waals surface area contributed by atoms with Crippen LogP contribution < -0.4 is 14.8 Å². The molecule has 166 valence electrons. The lowest BCUT2D eigenvalue weighted by atomic mass is 10.1. The smallest absolute Gasteiger partial charge is 0.270 e. The minimum absolute atomic E-state index is 0.00503. The topological polar surface area (TPSA) is 96.6 Å². The molecule has 8 nitrogen and oxygen atoms in total. The molecule has 0 radical (unpaired) electrons. The zero-order valence-corrected chi connectivity index (χ0v) is 18.0. The van der Waals surface area contributed by atoms with Crippen LogP contribution in [0.2, 0.25) is 0 Å². The van der Waals surface area contributed by atoms with Crippen molar-refractivity contribution in [1.82, 2.24) is 14.9 Å². The molecule has 8 heteroatoms. The van der Waals surface area contributed by atoms with Crippen LogP contribution in [0.5, 0.6) is 11.6 Å². The Labute approximate surface area is 185 Å². The number of hydrogen-bond acceptors (Lipinski definition) is 5. The summed E-state index contributed by atoms with van der Waals surface area (Å²) >= 11 is 0. The molecule has 0 unspecified atom stereocenters. The van der Waals surface area contributed by atoms with E-state index in [4.69, 9.17) is 9.47 Å². The van der Waals surface area contributed by atoms with Crippen molar-refractivity contribution in [2.24, 2.45) is 5.92 Å². The van der Waals surface area contributed by atoms with Gasteiger partial charge in [0.25, 0.3) is 5.91 Å². The molecule has 1 aliphatic heterocycles. The van der Waals surface area contributed by atoms with Gasteiger partial charge in [0, 0.05) is 54.9 Å². The van der Waals surface area contributed by atoms with E-state index in [1.165, 1.54) is 0 Å². The van der Waals surface area contributed by atoms with Crippen molar-refractivity contribution in [2.75, 3.05) is 25.5 Å². The lowest BCUT2D eigenvalue weighted by Gasteiger charge is -2.31. The highest BCUT2D eigenvalue weighted by molar-refractivity contribution is 5.98. The summed E-state index contributed by atoms with van der Waals surface area (Å²) in [5.74, 6) is 1.50. The molecule has 5 rings (SSSR count). The van der Waals surface area contributed by atoms with Gasteiger partial charge >= 0.3 is 0 Å². The molecular weight excluding hydrogens is 408 g/mol. The predicted molar refractivity (Wildman–Crippen MR) is 120 cm³/mol. The number of pyridine rings is 1. The van der Waals surface area contributed by atoms with Crippen LogP contribution in [-0.4, -0.2) is 53.0 Å². The molecule has 0 bridgehead atoms. The number of fused-ring (bicyclic) bond motifs is 1. The quantitative estimate of drug-likeness (QED) is 0.618. The Bertz CT molecular complexity index is 1130. The summed E-state index contributed by atoms with van der Waals surface area (Å²) in [5.41, 5.74) is 2.15. The van der Waals surface area contributed by atoms with Crippen LogP contribution in [0.15, 0.2) is 42.6 Å². The van der Waals surface area contributed by atoms with Gasteiger partial charge in [-0.1, -0.05) is 0 Å². The van der Waals surface area contributed by atoms with Gasteiger partial charge in [-0.2, -0.15) is 0 Å². The highest BCUT2D eigenvalue weighted by atomic mass is 16.5. The number of anilines is 1. The number of hydrogen-bond donors (Lipinski definition) is 2. The van der Waals surface area contributed by atoms with Gasteiger partial charge in [0.15, 0.2) is 0 Å². The van der Waals surface area contributed by atoms with Gasteiger partial charge in [-0.3, -0.25) is 9.59 Å². The number of nitrogens with one attached hydrogen (secondary N) is 2. The van der Waals surface area contributed by atoms with Gasteiger partial charge in [-0.25, -0.2) is 4.98 Å². The Kier molecular flexibility index (Phi) is 5.43. The van der Waals surface area contributed by atoms with E-state index in [1.807, 2.05) is 35.2 Å². The number of amides is 2. The molecule has 2 aliphatic rings. The van der Waals surface area contributed by atoms with E-state index in [2.05, 4.69) is 15.3 Å². The molecule has 1 saturated carbocycles. The number of methoxy groups -OCH3 is 1. The molecule has 1 aliphatic carbocycles. The first-order chi connectivity index (χ1) is 15.6. The summed E-state index contributed by atoms with van der Waals surface area (Å²) < 4.78 is 11.3. The molecule has 0 spiro atoms. The van der Waals surface area contributed by atoms with E-state index in [0.717, 1.165) is 42.3 Å². The lowest BCUT2D eigenvalue weighted by Crippen LogP contribution is -2.42. The Morgan fingerprint density at radius 1 is 1.09 bits per heavy atom. The summed E-state index contributed by atoms with van der Waals surface area (Å²) in [6, 6.07) is 11.2. The number of ether oxygens (including phenoxy) is 2. The van der Waals surface area contributed by atoms with Gasteiger partial charge in [0.05, 0.1) is 19.0 Å². The molecule has 2 N–H and O–H groups in total. The molecule has 1 saturated heterocycles. The normalized spacial score (nSPS) is 16.7. The van der Waals surface area contributed by atoms with Crippen molar-refractivity contribution in [2.45, 2.75) is 31.8 Å². The number of H-pyrrole nitrogens is 1. The average Bonchev–Trinajstić information content (AvgIpc) is 3.59. The van der Waals surface area contributed by atoms with Crippen LogP contribution in [0, 0.1) is 5.92 Å². The summed E-state index contributed by atoms with van der Waals surface area (Å²) in [6.45, 7) is 1.25. The van der Waals surface area contributed by atoms with Crippen LogP contribution in [0.4, 0.5) is 5.69 Å². The van der Waals surface area contributed by atoms with Crippen molar-refractivity contribution in [3.8, 4) is 11.6 Å². The highest BCUT2D eigenvalue weighted by Crippen LogP contribution is 2.30. The maximum absolute atomic E-state index is 12.9. The van der Waals surface area contributed by atoms with Gasteiger partial charge in [-0.15, -0.1) is 0 Å².